The Morgan fingerprint density at radius 1 is 1.50 bits per heavy atom. The number of halogens is 3. The second kappa shape index (κ2) is 5.56. The molecule has 2 N–H and O–H groups in total. The highest BCUT2D eigenvalue weighted by Crippen LogP contribution is 2.21. The molecule has 1 heterocycles. The Morgan fingerprint density at radius 3 is 2.72 bits per heavy atom. The number of alkyl halides is 3. The highest BCUT2D eigenvalue weighted by molar-refractivity contribution is 5.90. The van der Waals surface area contributed by atoms with E-state index >= 15 is 0 Å². The third kappa shape index (κ3) is 4.48. The predicted molar refractivity (Wildman–Crippen MR) is 58.6 cm³/mol. The first kappa shape index (κ1) is 14.1. The van der Waals surface area contributed by atoms with Gasteiger partial charge in [-0.05, 0) is 18.6 Å². The van der Waals surface area contributed by atoms with E-state index in [0.717, 1.165) is 5.56 Å². The molecule has 5 nitrogen and oxygen atoms in total. The molecule has 18 heavy (non-hydrogen) atoms. The van der Waals surface area contributed by atoms with Crippen LogP contribution < -0.4 is 15.4 Å². The van der Waals surface area contributed by atoms with E-state index in [1.165, 1.54) is 13.3 Å². The molecule has 0 atom stereocenters. The van der Waals surface area contributed by atoms with E-state index in [9.17, 15) is 18.0 Å². The van der Waals surface area contributed by atoms with Gasteiger partial charge in [-0.15, -0.1) is 0 Å². The Morgan fingerprint density at radius 2 is 2.17 bits per heavy atom. The van der Waals surface area contributed by atoms with Crippen LogP contribution >= 0.6 is 0 Å². The number of carbonyl (C=O) groups excluding carboxylic acids is 1. The molecule has 0 radical (unpaired) electrons. The van der Waals surface area contributed by atoms with Crippen molar-refractivity contribution in [2.45, 2.75) is 13.1 Å². The minimum absolute atomic E-state index is 0.128. The predicted octanol–water partition coefficient (Wildman–Crippen LogP) is 2.08. The van der Waals surface area contributed by atoms with Gasteiger partial charge >= 0.3 is 12.2 Å². The van der Waals surface area contributed by atoms with Gasteiger partial charge in [0, 0.05) is 6.20 Å². The Hall–Kier alpha value is -1.99. The molecular weight excluding hydrogens is 251 g/mol. The number of carbonyl (C=O) groups is 1. The van der Waals surface area contributed by atoms with Crippen LogP contribution in [0.3, 0.4) is 0 Å². The van der Waals surface area contributed by atoms with Gasteiger partial charge in [-0.1, -0.05) is 0 Å². The Kier molecular flexibility index (Phi) is 4.35. The van der Waals surface area contributed by atoms with Gasteiger partial charge < -0.3 is 15.4 Å². The Labute approximate surface area is 101 Å². The fraction of sp³-hybridized carbons (Fsp3) is 0.400. The average molecular weight is 263 g/mol. The number of pyridine rings is 1. The molecule has 1 rings (SSSR count). The van der Waals surface area contributed by atoms with Crippen molar-refractivity contribution in [3.8, 4) is 5.88 Å². The van der Waals surface area contributed by atoms with Crippen molar-refractivity contribution in [2.24, 2.45) is 0 Å². The minimum Gasteiger partial charge on any atom is -0.480 e. The van der Waals surface area contributed by atoms with Crippen molar-refractivity contribution in [1.82, 2.24) is 10.3 Å². The average Bonchev–Trinajstić information content (AvgIpc) is 2.26. The lowest BCUT2D eigenvalue weighted by molar-refractivity contribution is -0.122. The van der Waals surface area contributed by atoms with Gasteiger partial charge in [-0.25, -0.2) is 9.78 Å². The molecule has 0 aliphatic carbocycles. The molecule has 0 aromatic carbocycles. The van der Waals surface area contributed by atoms with Crippen LogP contribution in [0.5, 0.6) is 5.88 Å². The number of nitrogens with zero attached hydrogens (tertiary/aromatic N) is 1. The first-order valence-electron chi connectivity index (χ1n) is 4.94. The normalized spacial score (nSPS) is 10.9. The topological polar surface area (TPSA) is 63.2 Å². The molecular formula is C10H12F3N3O2. The SMILES string of the molecule is COc1ncc(C)cc1NC(=O)NCC(F)(F)F. The number of anilines is 1. The molecule has 0 aliphatic heterocycles. The smallest absolute Gasteiger partial charge is 0.405 e. The molecule has 1 aromatic heterocycles. The van der Waals surface area contributed by atoms with E-state index in [2.05, 4.69) is 10.3 Å². The van der Waals surface area contributed by atoms with Gasteiger partial charge in [-0.3, -0.25) is 0 Å². The van der Waals surface area contributed by atoms with Crippen LogP contribution in [0.15, 0.2) is 12.3 Å². The van der Waals surface area contributed by atoms with E-state index in [1.807, 2.05) is 0 Å². The third-order valence-electron chi connectivity index (χ3n) is 1.88. The fourth-order valence-corrected chi connectivity index (χ4v) is 1.16. The Bertz CT molecular complexity index is 435. The van der Waals surface area contributed by atoms with Crippen molar-refractivity contribution < 1.29 is 22.7 Å². The van der Waals surface area contributed by atoms with Gasteiger partial charge in [0.15, 0.2) is 0 Å². The maximum atomic E-state index is 11.9. The summed E-state index contributed by atoms with van der Waals surface area (Å²) in [6, 6.07) is 0.567. The van der Waals surface area contributed by atoms with Gasteiger partial charge in [0.25, 0.3) is 0 Å². The zero-order valence-corrected chi connectivity index (χ0v) is 9.76. The summed E-state index contributed by atoms with van der Waals surface area (Å²) in [6.45, 7) is 0.325. The molecule has 1 aromatic rings. The summed E-state index contributed by atoms with van der Waals surface area (Å²) in [5, 5.41) is 3.92. The molecule has 0 spiro atoms. The summed E-state index contributed by atoms with van der Waals surface area (Å²) < 4.78 is 40.5. The maximum Gasteiger partial charge on any atom is 0.405 e. The lowest BCUT2D eigenvalue weighted by atomic mass is 10.3. The molecule has 0 saturated carbocycles. The number of rotatable bonds is 3. The molecule has 0 fully saturated rings. The van der Waals surface area contributed by atoms with Gasteiger partial charge in [0.2, 0.25) is 5.88 Å². The number of hydrogen-bond donors (Lipinski definition) is 2. The van der Waals surface area contributed by atoms with Crippen LogP contribution in [-0.2, 0) is 0 Å². The number of methoxy groups -OCH3 is 1. The Balaban J connectivity index is 2.66. The van der Waals surface area contributed by atoms with Crippen LogP contribution in [0.4, 0.5) is 23.7 Å². The largest absolute Gasteiger partial charge is 0.480 e. The second-order valence-electron chi connectivity index (χ2n) is 3.49. The van der Waals surface area contributed by atoms with Crippen LogP contribution in [0.25, 0.3) is 0 Å². The van der Waals surface area contributed by atoms with E-state index in [0.29, 0.717) is 0 Å². The summed E-state index contributed by atoms with van der Waals surface area (Å²) in [5.74, 6) is 0.128. The first-order valence-corrected chi connectivity index (χ1v) is 4.94. The highest BCUT2D eigenvalue weighted by atomic mass is 19.4. The van der Waals surface area contributed by atoms with Gasteiger partial charge in [0.1, 0.15) is 12.2 Å². The highest BCUT2D eigenvalue weighted by Gasteiger charge is 2.27. The number of ether oxygens (including phenoxy) is 1. The summed E-state index contributed by atoms with van der Waals surface area (Å²) in [7, 11) is 1.34. The minimum atomic E-state index is -4.45. The summed E-state index contributed by atoms with van der Waals surface area (Å²) in [4.78, 5) is 15.1. The van der Waals surface area contributed by atoms with E-state index < -0.39 is 18.8 Å². The lowest BCUT2D eigenvalue weighted by Crippen LogP contribution is -2.36. The lowest BCUT2D eigenvalue weighted by Gasteiger charge is -2.12. The van der Waals surface area contributed by atoms with Crippen molar-refractivity contribution in [2.75, 3.05) is 19.0 Å². The molecule has 0 unspecified atom stereocenters. The van der Waals surface area contributed by atoms with Crippen molar-refractivity contribution in [3.63, 3.8) is 0 Å². The standard InChI is InChI=1S/C10H12F3N3O2/c1-6-3-7(8(18-2)14-4-6)16-9(17)15-5-10(11,12)13/h3-4H,5H2,1-2H3,(H2,15,16,17). The number of aryl methyl sites for hydroxylation is 1. The summed E-state index contributed by atoms with van der Waals surface area (Å²) in [5.41, 5.74) is 0.944. The monoisotopic (exact) mass is 263 g/mol. The number of aromatic nitrogens is 1. The van der Waals surface area contributed by atoms with Gasteiger partial charge in [-0.2, -0.15) is 13.2 Å². The number of urea groups is 1. The maximum absolute atomic E-state index is 11.9. The van der Waals surface area contributed by atoms with Crippen LogP contribution in [0, 0.1) is 6.92 Å². The van der Waals surface area contributed by atoms with E-state index in [1.54, 1.807) is 18.3 Å². The molecule has 0 bridgehead atoms. The molecule has 8 heteroatoms. The zero-order valence-electron chi connectivity index (χ0n) is 9.76. The van der Waals surface area contributed by atoms with Crippen molar-refractivity contribution in [3.05, 3.63) is 17.8 Å². The van der Waals surface area contributed by atoms with Crippen LogP contribution in [0.2, 0.25) is 0 Å². The first-order chi connectivity index (χ1) is 8.31. The molecule has 0 aliphatic rings. The molecule has 2 amide bonds. The number of nitrogens with one attached hydrogen (secondary N) is 2. The summed E-state index contributed by atoms with van der Waals surface area (Å²) >= 11 is 0. The van der Waals surface area contributed by atoms with E-state index in [-0.39, 0.29) is 11.6 Å². The van der Waals surface area contributed by atoms with Crippen LogP contribution in [-0.4, -0.2) is 30.8 Å². The number of hydrogen-bond acceptors (Lipinski definition) is 3. The van der Waals surface area contributed by atoms with Gasteiger partial charge in [0.05, 0.1) is 7.11 Å². The molecule has 0 saturated heterocycles. The summed E-state index contributed by atoms with van der Waals surface area (Å²) in [6.07, 6.45) is -2.94. The number of amides is 2. The quantitative estimate of drug-likeness (QED) is 0.877. The second-order valence-corrected chi connectivity index (χ2v) is 3.49. The zero-order chi connectivity index (χ0) is 13.8. The third-order valence-corrected chi connectivity index (χ3v) is 1.88. The van der Waals surface area contributed by atoms with Crippen molar-refractivity contribution >= 4 is 11.7 Å². The van der Waals surface area contributed by atoms with Crippen LogP contribution in [0.1, 0.15) is 5.56 Å². The fourth-order valence-electron chi connectivity index (χ4n) is 1.16. The van der Waals surface area contributed by atoms with E-state index in [4.69, 9.17) is 4.74 Å². The van der Waals surface area contributed by atoms with Crippen molar-refractivity contribution in [1.29, 1.82) is 0 Å². The molecule has 100 valence electrons.